The van der Waals surface area contributed by atoms with Gasteiger partial charge in [-0.1, -0.05) is 13.8 Å². The van der Waals surface area contributed by atoms with Crippen LogP contribution < -0.4 is 10.1 Å². The van der Waals surface area contributed by atoms with E-state index in [0.717, 1.165) is 50.4 Å². The second-order valence-electron chi connectivity index (χ2n) is 5.93. The van der Waals surface area contributed by atoms with E-state index in [9.17, 15) is 0 Å². The van der Waals surface area contributed by atoms with Crippen LogP contribution in [0.4, 0.5) is 0 Å². The zero-order valence-electron chi connectivity index (χ0n) is 13.8. The fourth-order valence-corrected chi connectivity index (χ4v) is 3.21. The van der Waals surface area contributed by atoms with E-state index in [-0.39, 0.29) is 11.6 Å². The largest absolute Gasteiger partial charge is 0.493 e. The fraction of sp³-hybridized carbons (Fsp3) is 0.812. The van der Waals surface area contributed by atoms with E-state index in [2.05, 4.69) is 35.9 Å². The molecule has 2 unspecified atom stereocenters. The lowest BCUT2D eigenvalue weighted by Gasteiger charge is -2.41. The number of aromatic nitrogens is 2. The van der Waals surface area contributed by atoms with Gasteiger partial charge in [0.15, 0.2) is 5.75 Å². The Morgan fingerprint density at radius 1 is 1.48 bits per heavy atom. The molecule has 2 atom stereocenters. The van der Waals surface area contributed by atoms with Crippen LogP contribution in [0.5, 0.6) is 5.75 Å². The number of ether oxygens (including phenoxy) is 2. The molecule has 0 radical (unpaired) electrons. The summed E-state index contributed by atoms with van der Waals surface area (Å²) in [6.45, 7) is 9.14. The molecule has 1 aliphatic heterocycles. The highest BCUT2D eigenvalue weighted by Gasteiger charge is 2.40. The van der Waals surface area contributed by atoms with Crippen molar-refractivity contribution in [3.63, 3.8) is 0 Å². The lowest BCUT2D eigenvalue weighted by molar-refractivity contribution is -0.0914. The molecule has 0 amide bonds. The van der Waals surface area contributed by atoms with Gasteiger partial charge in [-0.15, -0.1) is 0 Å². The van der Waals surface area contributed by atoms with Crippen molar-refractivity contribution in [3.05, 3.63) is 11.9 Å². The summed E-state index contributed by atoms with van der Waals surface area (Å²) in [4.78, 5) is 0. The lowest BCUT2D eigenvalue weighted by Crippen LogP contribution is -2.47. The van der Waals surface area contributed by atoms with E-state index in [1.165, 1.54) is 6.42 Å². The monoisotopic (exact) mass is 295 g/mol. The van der Waals surface area contributed by atoms with Crippen molar-refractivity contribution in [3.8, 4) is 5.75 Å². The molecule has 0 saturated carbocycles. The van der Waals surface area contributed by atoms with Crippen LogP contribution in [0.2, 0.25) is 0 Å². The summed E-state index contributed by atoms with van der Waals surface area (Å²) < 4.78 is 13.8. The number of hydrogen-bond donors (Lipinski definition) is 1. The second kappa shape index (κ2) is 7.27. The minimum Gasteiger partial charge on any atom is -0.493 e. The molecule has 5 heteroatoms. The van der Waals surface area contributed by atoms with Gasteiger partial charge in [-0.2, -0.15) is 5.10 Å². The molecule has 21 heavy (non-hydrogen) atoms. The second-order valence-corrected chi connectivity index (χ2v) is 5.93. The highest BCUT2D eigenvalue weighted by Crippen LogP contribution is 2.39. The Labute approximate surface area is 128 Å². The smallest absolute Gasteiger partial charge is 0.161 e. The molecule has 0 spiro atoms. The lowest BCUT2D eigenvalue weighted by atomic mass is 9.86. The summed E-state index contributed by atoms with van der Waals surface area (Å²) in [5.41, 5.74) is 0.915. The van der Waals surface area contributed by atoms with Crippen molar-refractivity contribution in [2.75, 3.05) is 20.3 Å². The van der Waals surface area contributed by atoms with Gasteiger partial charge in [-0.05, 0) is 39.2 Å². The van der Waals surface area contributed by atoms with Crippen LogP contribution in [0.15, 0.2) is 6.20 Å². The summed E-state index contributed by atoms with van der Waals surface area (Å²) in [5.74, 6) is 0.852. The van der Waals surface area contributed by atoms with Crippen LogP contribution >= 0.6 is 0 Å². The van der Waals surface area contributed by atoms with Gasteiger partial charge >= 0.3 is 0 Å². The average Bonchev–Trinajstić information content (AvgIpc) is 2.88. The summed E-state index contributed by atoms with van der Waals surface area (Å²) >= 11 is 0. The SMILES string of the molecule is CCCn1ncc(OC)c1C(NCC)C1(C)CCCCO1. The maximum Gasteiger partial charge on any atom is 0.161 e. The highest BCUT2D eigenvalue weighted by molar-refractivity contribution is 5.30. The number of nitrogens with one attached hydrogen (secondary N) is 1. The fourth-order valence-electron chi connectivity index (χ4n) is 3.21. The summed E-state index contributed by atoms with van der Waals surface area (Å²) in [6.07, 6.45) is 6.29. The van der Waals surface area contributed by atoms with E-state index in [1.54, 1.807) is 7.11 Å². The van der Waals surface area contributed by atoms with Crippen molar-refractivity contribution in [2.45, 2.75) is 64.6 Å². The molecule has 0 aromatic carbocycles. The Hall–Kier alpha value is -1.07. The molecule has 0 aliphatic carbocycles. The Balaban J connectivity index is 2.38. The topological polar surface area (TPSA) is 48.3 Å². The molecule has 1 aliphatic rings. The minimum atomic E-state index is -0.201. The summed E-state index contributed by atoms with van der Waals surface area (Å²) in [5, 5.41) is 8.10. The van der Waals surface area contributed by atoms with Crippen LogP contribution in [0.1, 0.15) is 58.2 Å². The Bertz CT molecular complexity index is 439. The highest BCUT2D eigenvalue weighted by atomic mass is 16.5. The van der Waals surface area contributed by atoms with E-state index < -0.39 is 0 Å². The van der Waals surface area contributed by atoms with Gasteiger partial charge in [0, 0.05) is 13.2 Å². The standard InChI is InChI=1S/C16H29N3O2/c1-5-10-19-14(13(20-4)12-18-19)15(17-6-2)16(3)9-7-8-11-21-16/h12,15,17H,5-11H2,1-4H3. The Morgan fingerprint density at radius 2 is 2.29 bits per heavy atom. The maximum absolute atomic E-state index is 6.18. The first-order valence-corrected chi connectivity index (χ1v) is 8.13. The van der Waals surface area contributed by atoms with Crippen molar-refractivity contribution in [1.82, 2.24) is 15.1 Å². The number of rotatable bonds is 7. The van der Waals surface area contributed by atoms with E-state index in [1.807, 2.05) is 6.20 Å². The molecule has 2 rings (SSSR count). The van der Waals surface area contributed by atoms with Crippen molar-refractivity contribution in [2.24, 2.45) is 0 Å². The number of aryl methyl sites for hydroxylation is 1. The molecular formula is C16H29N3O2. The number of methoxy groups -OCH3 is 1. The van der Waals surface area contributed by atoms with Crippen LogP contribution in [-0.4, -0.2) is 35.6 Å². The summed E-state index contributed by atoms with van der Waals surface area (Å²) in [6, 6.07) is 0.104. The van der Waals surface area contributed by atoms with Crippen LogP contribution in [0.25, 0.3) is 0 Å². The number of likely N-dealkylation sites (N-methyl/N-ethyl adjacent to an activating group) is 1. The van der Waals surface area contributed by atoms with Crippen LogP contribution in [-0.2, 0) is 11.3 Å². The van der Waals surface area contributed by atoms with Crippen LogP contribution in [0.3, 0.4) is 0 Å². The predicted octanol–water partition coefficient (Wildman–Crippen LogP) is 2.91. The van der Waals surface area contributed by atoms with Gasteiger partial charge in [0.1, 0.15) is 5.69 Å². The first-order valence-electron chi connectivity index (χ1n) is 8.13. The molecule has 120 valence electrons. The van der Waals surface area contributed by atoms with Crippen molar-refractivity contribution < 1.29 is 9.47 Å². The van der Waals surface area contributed by atoms with Gasteiger partial charge in [-0.25, -0.2) is 0 Å². The van der Waals surface area contributed by atoms with Gasteiger partial charge in [0.25, 0.3) is 0 Å². The molecule has 1 saturated heterocycles. The Morgan fingerprint density at radius 3 is 2.86 bits per heavy atom. The third-order valence-electron chi connectivity index (χ3n) is 4.29. The van der Waals surface area contributed by atoms with Gasteiger partial charge in [0.2, 0.25) is 0 Å². The van der Waals surface area contributed by atoms with Gasteiger partial charge in [0.05, 0.1) is 24.9 Å². The molecule has 1 aromatic heterocycles. The Kier molecular flexibility index (Phi) is 5.65. The van der Waals surface area contributed by atoms with E-state index in [4.69, 9.17) is 9.47 Å². The molecule has 1 N–H and O–H groups in total. The third kappa shape index (κ3) is 3.40. The quantitative estimate of drug-likeness (QED) is 0.840. The molecular weight excluding hydrogens is 266 g/mol. The number of hydrogen-bond acceptors (Lipinski definition) is 4. The summed E-state index contributed by atoms with van der Waals surface area (Å²) in [7, 11) is 1.71. The average molecular weight is 295 g/mol. The minimum absolute atomic E-state index is 0.104. The predicted molar refractivity (Wildman–Crippen MR) is 83.7 cm³/mol. The first-order chi connectivity index (χ1) is 10.2. The molecule has 0 bridgehead atoms. The first kappa shape index (κ1) is 16.3. The maximum atomic E-state index is 6.18. The van der Waals surface area contributed by atoms with Gasteiger partial charge in [-0.3, -0.25) is 4.68 Å². The third-order valence-corrected chi connectivity index (χ3v) is 4.29. The van der Waals surface area contributed by atoms with Gasteiger partial charge < -0.3 is 14.8 Å². The van der Waals surface area contributed by atoms with E-state index >= 15 is 0 Å². The zero-order chi connectivity index (χ0) is 15.3. The van der Waals surface area contributed by atoms with Crippen molar-refractivity contribution >= 4 is 0 Å². The normalized spacial score (nSPS) is 24.0. The molecule has 1 fully saturated rings. The zero-order valence-corrected chi connectivity index (χ0v) is 13.8. The van der Waals surface area contributed by atoms with E-state index in [0.29, 0.717) is 0 Å². The van der Waals surface area contributed by atoms with Crippen molar-refractivity contribution in [1.29, 1.82) is 0 Å². The molecule has 5 nitrogen and oxygen atoms in total. The van der Waals surface area contributed by atoms with Crippen LogP contribution in [0, 0.1) is 0 Å². The number of nitrogens with zero attached hydrogens (tertiary/aromatic N) is 2. The molecule has 2 heterocycles. The molecule has 1 aromatic rings.